The Balaban J connectivity index is 1.78. The Kier molecular flexibility index (Phi) is 7.81. The molecule has 0 aliphatic heterocycles. The third-order valence-corrected chi connectivity index (χ3v) is 4.86. The fraction of sp³-hybridized carbons (Fsp3) is 0.364. The van der Waals surface area contributed by atoms with Crippen LogP contribution in [0.3, 0.4) is 0 Å². The number of benzene rings is 2. The number of aryl methyl sites for hydroxylation is 1. The molecule has 3 aromatic rings. The van der Waals surface area contributed by atoms with Crippen LogP contribution in [0.4, 0.5) is 17.6 Å². The highest BCUT2D eigenvalue weighted by atomic mass is 19.4. The van der Waals surface area contributed by atoms with E-state index in [1.54, 1.807) is 12.1 Å². The Labute approximate surface area is 181 Å². The topological polar surface area (TPSA) is 88.6 Å². The van der Waals surface area contributed by atoms with Crippen molar-refractivity contribution < 1.29 is 37.0 Å². The number of aliphatic hydroxyl groups excluding tert-OH is 2. The summed E-state index contributed by atoms with van der Waals surface area (Å²) in [5.74, 6) is -0.537. The summed E-state index contributed by atoms with van der Waals surface area (Å²) in [6.07, 6.45) is -3.41. The summed E-state index contributed by atoms with van der Waals surface area (Å²) in [5.41, 5.74) is 0.600. The van der Waals surface area contributed by atoms with Crippen LogP contribution in [0, 0.1) is 5.92 Å². The van der Waals surface area contributed by atoms with Crippen LogP contribution in [0.25, 0.3) is 22.8 Å². The highest BCUT2D eigenvalue weighted by Gasteiger charge is 2.35. The maximum Gasteiger partial charge on any atom is 0.419 e. The Morgan fingerprint density at radius 1 is 1.00 bits per heavy atom. The largest absolute Gasteiger partial charge is 0.490 e. The predicted octanol–water partition coefficient (Wildman–Crippen LogP) is 4.30. The molecule has 1 aromatic heterocycles. The van der Waals surface area contributed by atoms with Gasteiger partial charge in [0.05, 0.1) is 5.56 Å². The number of nitrogens with zero attached hydrogens (tertiary/aromatic N) is 2. The lowest BCUT2D eigenvalue weighted by Gasteiger charge is -2.13. The van der Waals surface area contributed by atoms with Gasteiger partial charge < -0.3 is 19.5 Å². The van der Waals surface area contributed by atoms with E-state index in [2.05, 4.69) is 10.1 Å². The second-order valence-electron chi connectivity index (χ2n) is 7.14. The molecular formula is C22H22F4N2O4. The number of hydrogen-bond acceptors (Lipinski definition) is 6. The Hall–Kier alpha value is -2.98. The van der Waals surface area contributed by atoms with Crippen molar-refractivity contribution in [3.63, 3.8) is 0 Å². The molecule has 3 rings (SSSR count). The third-order valence-electron chi connectivity index (χ3n) is 4.86. The van der Waals surface area contributed by atoms with Gasteiger partial charge in [0, 0.05) is 30.3 Å². The zero-order valence-electron chi connectivity index (χ0n) is 17.0. The van der Waals surface area contributed by atoms with Crippen LogP contribution in [-0.4, -0.2) is 46.8 Å². The Morgan fingerprint density at radius 2 is 1.69 bits per heavy atom. The molecule has 1 heterocycles. The smallest absolute Gasteiger partial charge is 0.419 e. The standard InChI is InChI=1S/C22H22F4N2O4/c23-9-10-31-19-8-7-17(11-18(19)22(24,25)26)21-27-20(28-32-21)16-5-3-14(4-6-16)1-2-15(12-29)13-30/h3-8,11,15,29-30H,1-2,9-10,12-13H2. The molecule has 2 aromatic carbocycles. The van der Waals surface area contributed by atoms with E-state index in [0.29, 0.717) is 18.4 Å². The quantitative estimate of drug-likeness (QED) is 0.444. The van der Waals surface area contributed by atoms with E-state index in [1.165, 1.54) is 6.07 Å². The van der Waals surface area contributed by atoms with E-state index in [0.717, 1.165) is 17.7 Å². The maximum atomic E-state index is 13.4. The van der Waals surface area contributed by atoms with Gasteiger partial charge in [-0.05, 0) is 36.6 Å². The fourth-order valence-corrected chi connectivity index (χ4v) is 3.05. The first-order valence-corrected chi connectivity index (χ1v) is 9.90. The molecule has 10 heteroatoms. The van der Waals surface area contributed by atoms with Gasteiger partial charge in [-0.2, -0.15) is 18.2 Å². The minimum atomic E-state index is -4.70. The minimum absolute atomic E-state index is 0.0549. The van der Waals surface area contributed by atoms with Crippen molar-refractivity contribution in [3.8, 4) is 28.6 Å². The summed E-state index contributed by atoms with van der Waals surface area (Å²) in [7, 11) is 0. The number of aliphatic hydroxyl groups is 2. The van der Waals surface area contributed by atoms with Crippen molar-refractivity contribution in [1.29, 1.82) is 0 Å². The Bertz CT molecular complexity index is 1000. The first kappa shape index (κ1) is 23.7. The molecule has 0 fully saturated rings. The highest BCUT2D eigenvalue weighted by Crippen LogP contribution is 2.38. The first-order chi connectivity index (χ1) is 15.4. The minimum Gasteiger partial charge on any atom is -0.490 e. The van der Waals surface area contributed by atoms with Crippen LogP contribution in [0.1, 0.15) is 17.5 Å². The molecule has 0 saturated carbocycles. The van der Waals surface area contributed by atoms with Crippen molar-refractivity contribution in [2.75, 3.05) is 26.5 Å². The summed E-state index contributed by atoms with van der Waals surface area (Å²) in [4.78, 5) is 4.18. The van der Waals surface area contributed by atoms with Gasteiger partial charge in [0.2, 0.25) is 5.82 Å². The highest BCUT2D eigenvalue weighted by molar-refractivity contribution is 5.62. The molecule has 0 aliphatic rings. The van der Waals surface area contributed by atoms with Crippen LogP contribution in [0.2, 0.25) is 0 Å². The molecule has 32 heavy (non-hydrogen) atoms. The molecule has 0 atom stereocenters. The first-order valence-electron chi connectivity index (χ1n) is 9.90. The lowest BCUT2D eigenvalue weighted by atomic mass is 10.00. The van der Waals surface area contributed by atoms with E-state index in [1.807, 2.05) is 12.1 Å². The van der Waals surface area contributed by atoms with Crippen LogP contribution in [0.15, 0.2) is 47.0 Å². The SMILES string of the molecule is OCC(CO)CCc1ccc(-c2noc(-c3ccc(OCCF)c(C(F)(F)F)c3)n2)cc1. The number of aromatic nitrogens is 2. The summed E-state index contributed by atoms with van der Waals surface area (Å²) in [6, 6.07) is 10.5. The van der Waals surface area contributed by atoms with E-state index in [-0.39, 0.29) is 36.4 Å². The molecule has 6 nitrogen and oxygen atoms in total. The van der Waals surface area contributed by atoms with Crippen molar-refractivity contribution in [2.24, 2.45) is 5.92 Å². The zero-order chi connectivity index (χ0) is 23.1. The van der Waals surface area contributed by atoms with Crippen molar-refractivity contribution >= 4 is 0 Å². The molecular weight excluding hydrogens is 432 g/mol. The molecule has 0 radical (unpaired) electrons. The number of alkyl halides is 4. The molecule has 0 unspecified atom stereocenters. The number of rotatable bonds is 10. The van der Waals surface area contributed by atoms with Gasteiger partial charge >= 0.3 is 6.18 Å². The zero-order valence-corrected chi connectivity index (χ0v) is 17.0. The second kappa shape index (κ2) is 10.6. The van der Waals surface area contributed by atoms with Crippen molar-refractivity contribution in [3.05, 3.63) is 53.6 Å². The monoisotopic (exact) mass is 454 g/mol. The van der Waals surface area contributed by atoms with E-state index in [9.17, 15) is 17.6 Å². The van der Waals surface area contributed by atoms with Gasteiger partial charge in [0.1, 0.15) is 19.0 Å². The molecule has 0 spiro atoms. The van der Waals surface area contributed by atoms with Gasteiger partial charge in [0.25, 0.3) is 5.89 Å². The van der Waals surface area contributed by atoms with Gasteiger partial charge in [-0.25, -0.2) is 4.39 Å². The van der Waals surface area contributed by atoms with Crippen LogP contribution < -0.4 is 4.74 Å². The molecule has 0 saturated heterocycles. The van der Waals surface area contributed by atoms with Crippen LogP contribution in [0.5, 0.6) is 5.75 Å². The van der Waals surface area contributed by atoms with Crippen molar-refractivity contribution in [2.45, 2.75) is 19.0 Å². The average molecular weight is 454 g/mol. The molecule has 0 aliphatic carbocycles. The number of hydrogen-bond donors (Lipinski definition) is 2. The molecule has 2 N–H and O–H groups in total. The van der Waals surface area contributed by atoms with Crippen LogP contribution >= 0.6 is 0 Å². The van der Waals surface area contributed by atoms with Gasteiger partial charge in [-0.3, -0.25) is 0 Å². The summed E-state index contributed by atoms with van der Waals surface area (Å²) in [5, 5.41) is 22.1. The molecule has 0 bridgehead atoms. The lowest BCUT2D eigenvalue weighted by Crippen LogP contribution is -2.11. The normalized spacial score (nSPS) is 11.8. The maximum absolute atomic E-state index is 13.4. The molecule has 0 amide bonds. The van der Waals surface area contributed by atoms with E-state index >= 15 is 0 Å². The van der Waals surface area contributed by atoms with Crippen molar-refractivity contribution in [1.82, 2.24) is 10.1 Å². The average Bonchev–Trinajstić information content (AvgIpc) is 3.28. The second-order valence-corrected chi connectivity index (χ2v) is 7.14. The van der Waals surface area contributed by atoms with Gasteiger partial charge in [0.15, 0.2) is 0 Å². The third kappa shape index (κ3) is 5.83. The number of halogens is 4. The summed E-state index contributed by atoms with van der Waals surface area (Å²) >= 11 is 0. The van der Waals surface area contributed by atoms with Crippen LogP contribution in [-0.2, 0) is 12.6 Å². The lowest BCUT2D eigenvalue weighted by molar-refractivity contribution is -0.138. The predicted molar refractivity (Wildman–Crippen MR) is 108 cm³/mol. The Morgan fingerprint density at radius 3 is 2.31 bits per heavy atom. The molecule has 172 valence electrons. The summed E-state index contributed by atoms with van der Waals surface area (Å²) < 4.78 is 62.4. The van der Waals surface area contributed by atoms with E-state index < -0.39 is 30.8 Å². The summed E-state index contributed by atoms with van der Waals surface area (Å²) in [6.45, 7) is -1.56. The number of ether oxygens (including phenoxy) is 1. The van der Waals surface area contributed by atoms with Gasteiger partial charge in [-0.15, -0.1) is 0 Å². The van der Waals surface area contributed by atoms with E-state index in [4.69, 9.17) is 19.5 Å². The van der Waals surface area contributed by atoms with Gasteiger partial charge in [-0.1, -0.05) is 29.4 Å². The fourth-order valence-electron chi connectivity index (χ4n) is 3.05.